The second-order valence-electron chi connectivity index (χ2n) is 6.03. The molecule has 0 aliphatic carbocycles. The molecule has 1 N–H and O–H groups in total. The average Bonchev–Trinajstić information content (AvgIpc) is 3.07. The van der Waals surface area contributed by atoms with Crippen molar-refractivity contribution in [3.63, 3.8) is 0 Å². The van der Waals surface area contributed by atoms with Gasteiger partial charge in [-0.05, 0) is 37.1 Å². The number of thiophene rings is 1. The van der Waals surface area contributed by atoms with Crippen molar-refractivity contribution in [2.24, 2.45) is 0 Å². The molecule has 2 heterocycles. The molecule has 0 unspecified atom stereocenters. The fraction of sp³-hybridized carbons (Fsp3) is 0.316. The summed E-state index contributed by atoms with van der Waals surface area (Å²) in [6.45, 7) is 2.86. The third kappa shape index (κ3) is 4.31. The van der Waals surface area contributed by atoms with Gasteiger partial charge < -0.3 is 9.84 Å². The molecule has 0 aliphatic heterocycles. The lowest BCUT2D eigenvalue weighted by molar-refractivity contribution is 0.0699. The Bertz CT molecular complexity index is 1010. The van der Waals surface area contributed by atoms with Crippen LogP contribution in [0.2, 0.25) is 5.02 Å². The largest absolute Gasteiger partial charge is 0.494 e. The molecule has 0 fully saturated rings. The van der Waals surface area contributed by atoms with Gasteiger partial charge >= 0.3 is 5.97 Å². The Hall–Kier alpha value is -2.38. The summed E-state index contributed by atoms with van der Waals surface area (Å²) in [5.41, 5.74) is -0.282. The topological polar surface area (TPSA) is 81.4 Å². The number of ether oxygens (including phenoxy) is 1. The van der Waals surface area contributed by atoms with Crippen LogP contribution < -0.4 is 10.3 Å². The summed E-state index contributed by atoms with van der Waals surface area (Å²) in [4.78, 5) is 29.3. The van der Waals surface area contributed by atoms with Crippen molar-refractivity contribution >= 4 is 39.1 Å². The summed E-state index contributed by atoms with van der Waals surface area (Å²) >= 11 is 7.04. The number of hydrogen-bond acceptors (Lipinski definition) is 5. The Morgan fingerprint density at radius 3 is 2.74 bits per heavy atom. The van der Waals surface area contributed by atoms with Crippen LogP contribution >= 0.6 is 22.9 Å². The van der Waals surface area contributed by atoms with Gasteiger partial charge in [-0.1, -0.05) is 18.5 Å². The van der Waals surface area contributed by atoms with Gasteiger partial charge in [0.1, 0.15) is 16.4 Å². The van der Waals surface area contributed by atoms with E-state index in [1.54, 1.807) is 28.8 Å². The number of carboxylic acids is 1. The number of carbonyl (C=O) groups is 1. The van der Waals surface area contributed by atoms with Gasteiger partial charge in [0.15, 0.2) is 0 Å². The summed E-state index contributed by atoms with van der Waals surface area (Å²) in [6.07, 6.45) is 2.10. The highest BCUT2D eigenvalue weighted by atomic mass is 35.5. The first kappa shape index (κ1) is 19.4. The predicted molar refractivity (Wildman–Crippen MR) is 106 cm³/mol. The van der Waals surface area contributed by atoms with Crippen molar-refractivity contribution in [3.8, 4) is 5.75 Å². The highest BCUT2D eigenvalue weighted by Crippen LogP contribution is 2.22. The van der Waals surface area contributed by atoms with Gasteiger partial charge in [0.25, 0.3) is 5.56 Å². The van der Waals surface area contributed by atoms with Crippen LogP contribution in [0.25, 0.3) is 10.2 Å². The van der Waals surface area contributed by atoms with Crippen molar-refractivity contribution in [1.29, 1.82) is 0 Å². The maximum atomic E-state index is 12.9. The number of nitrogens with zero attached hydrogens (tertiary/aromatic N) is 2. The molecule has 3 aromatic rings. The molecule has 0 amide bonds. The van der Waals surface area contributed by atoms with Gasteiger partial charge in [-0.25, -0.2) is 9.78 Å². The molecule has 2 aromatic heterocycles. The van der Waals surface area contributed by atoms with Gasteiger partial charge in [0, 0.05) is 23.4 Å². The summed E-state index contributed by atoms with van der Waals surface area (Å²) in [5.74, 6) is 0.279. The molecule has 0 saturated carbocycles. The number of fused-ring (bicyclic) bond motifs is 1. The summed E-state index contributed by atoms with van der Waals surface area (Å²) in [7, 11) is 0. The first-order chi connectivity index (χ1) is 13.0. The van der Waals surface area contributed by atoms with Crippen LogP contribution in [0.4, 0.5) is 0 Å². The van der Waals surface area contributed by atoms with Crippen molar-refractivity contribution in [3.05, 3.63) is 56.4 Å². The SMILES string of the molecule is CCCc1nc2scc(C(=O)O)c2c(=O)n1CCCOc1ccc(Cl)cc1. The van der Waals surface area contributed by atoms with Gasteiger partial charge in [-0.3, -0.25) is 9.36 Å². The number of aryl methyl sites for hydroxylation is 1. The minimum atomic E-state index is -1.11. The molecule has 0 spiro atoms. The maximum absolute atomic E-state index is 12.9. The summed E-state index contributed by atoms with van der Waals surface area (Å²) in [5, 5.41) is 11.6. The predicted octanol–water partition coefficient (Wildman–Crippen LogP) is 4.23. The lowest BCUT2D eigenvalue weighted by Gasteiger charge is -2.12. The molecule has 1 aromatic carbocycles. The lowest BCUT2D eigenvalue weighted by Crippen LogP contribution is -2.26. The number of aromatic nitrogens is 2. The monoisotopic (exact) mass is 406 g/mol. The first-order valence-electron chi connectivity index (χ1n) is 8.63. The number of benzene rings is 1. The number of carboxylic acid groups (broad SMARTS) is 1. The minimum absolute atomic E-state index is 0.0155. The van der Waals surface area contributed by atoms with E-state index < -0.39 is 5.97 Å². The Morgan fingerprint density at radius 1 is 1.33 bits per heavy atom. The van der Waals surface area contributed by atoms with Crippen LogP contribution in [0.1, 0.15) is 35.9 Å². The number of halogens is 1. The Kier molecular flexibility index (Phi) is 6.13. The molecule has 27 heavy (non-hydrogen) atoms. The van der Waals surface area contributed by atoms with E-state index in [0.717, 1.165) is 6.42 Å². The minimum Gasteiger partial charge on any atom is -0.494 e. The second-order valence-corrected chi connectivity index (χ2v) is 7.32. The lowest BCUT2D eigenvalue weighted by atomic mass is 10.2. The Balaban J connectivity index is 1.81. The molecule has 6 nitrogen and oxygen atoms in total. The van der Waals surface area contributed by atoms with Crippen LogP contribution in [0.5, 0.6) is 5.75 Å². The Morgan fingerprint density at radius 2 is 2.07 bits per heavy atom. The zero-order valence-electron chi connectivity index (χ0n) is 14.8. The molecule has 0 saturated heterocycles. The highest BCUT2D eigenvalue weighted by molar-refractivity contribution is 7.17. The first-order valence-corrected chi connectivity index (χ1v) is 9.89. The number of hydrogen-bond donors (Lipinski definition) is 1. The van der Waals surface area contributed by atoms with Crippen LogP contribution in [-0.2, 0) is 13.0 Å². The fourth-order valence-corrected chi connectivity index (χ4v) is 3.86. The van der Waals surface area contributed by atoms with E-state index in [0.29, 0.717) is 47.4 Å². The molecular formula is C19H19ClN2O4S. The molecule has 0 radical (unpaired) electrons. The molecule has 3 rings (SSSR count). The van der Waals surface area contributed by atoms with Crippen LogP contribution in [0.3, 0.4) is 0 Å². The van der Waals surface area contributed by atoms with Crippen molar-refractivity contribution in [1.82, 2.24) is 9.55 Å². The van der Waals surface area contributed by atoms with Gasteiger partial charge in [-0.2, -0.15) is 0 Å². The highest BCUT2D eigenvalue weighted by Gasteiger charge is 2.19. The van der Waals surface area contributed by atoms with Gasteiger partial charge in [0.05, 0.1) is 17.6 Å². The van der Waals surface area contributed by atoms with Gasteiger partial charge in [-0.15, -0.1) is 11.3 Å². The van der Waals surface area contributed by atoms with Crippen LogP contribution in [0.15, 0.2) is 34.4 Å². The molecule has 8 heteroatoms. The van der Waals surface area contributed by atoms with E-state index in [9.17, 15) is 14.7 Å². The van der Waals surface area contributed by atoms with E-state index in [1.165, 1.54) is 16.7 Å². The third-order valence-corrected chi connectivity index (χ3v) is 5.21. The van der Waals surface area contributed by atoms with E-state index in [1.807, 2.05) is 6.92 Å². The van der Waals surface area contributed by atoms with Crippen molar-refractivity contribution in [2.45, 2.75) is 32.7 Å². The average molecular weight is 407 g/mol. The smallest absolute Gasteiger partial charge is 0.337 e. The van der Waals surface area contributed by atoms with E-state index in [-0.39, 0.29) is 16.5 Å². The standard InChI is InChI=1S/C19H19ClN2O4S/c1-2-4-15-21-17-16(14(11-27-17)19(24)25)18(23)22(15)9-3-10-26-13-7-5-12(20)6-8-13/h5-8,11H,2-4,9-10H2,1H3,(H,24,25). The number of rotatable bonds is 8. The van der Waals surface area contributed by atoms with E-state index >= 15 is 0 Å². The van der Waals surface area contributed by atoms with Gasteiger partial charge in [0.2, 0.25) is 0 Å². The molecule has 0 aliphatic rings. The third-order valence-electron chi connectivity index (χ3n) is 4.09. The zero-order valence-corrected chi connectivity index (χ0v) is 16.3. The molecular weight excluding hydrogens is 388 g/mol. The van der Waals surface area contributed by atoms with Crippen LogP contribution in [-0.4, -0.2) is 27.2 Å². The second kappa shape index (κ2) is 8.54. The van der Waals surface area contributed by atoms with E-state index in [4.69, 9.17) is 16.3 Å². The molecule has 0 bridgehead atoms. The number of aromatic carboxylic acids is 1. The van der Waals surface area contributed by atoms with Crippen LogP contribution in [0, 0.1) is 0 Å². The van der Waals surface area contributed by atoms with Crippen molar-refractivity contribution in [2.75, 3.05) is 6.61 Å². The molecule has 142 valence electrons. The van der Waals surface area contributed by atoms with E-state index in [2.05, 4.69) is 4.98 Å². The Labute approximate surface area is 165 Å². The fourth-order valence-electron chi connectivity index (χ4n) is 2.81. The molecule has 0 atom stereocenters. The quantitative estimate of drug-likeness (QED) is 0.566. The normalized spacial score (nSPS) is 11.0. The summed E-state index contributed by atoms with van der Waals surface area (Å²) < 4.78 is 7.25. The summed E-state index contributed by atoms with van der Waals surface area (Å²) in [6, 6.07) is 7.08. The zero-order chi connectivity index (χ0) is 19.4. The van der Waals surface area contributed by atoms with Crippen molar-refractivity contribution < 1.29 is 14.6 Å². The maximum Gasteiger partial charge on any atom is 0.337 e.